The van der Waals surface area contributed by atoms with Crippen LogP contribution in [0.2, 0.25) is 5.02 Å². The van der Waals surface area contributed by atoms with Crippen LogP contribution in [0.1, 0.15) is 24.2 Å². The SMILES string of the molecule is CC(C)C(=O)c1ccc(Cl)c(S(=O)(=O)N(C)C)c1. The monoisotopic (exact) mass is 289 g/mol. The Morgan fingerprint density at radius 2 is 1.83 bits per heavy atom. The summed E-state index contributed by atoms with van der Waals surface area (Å²) in [5, 5.41) is 0.115. The summed E-state index contributed by atoms with van der Waals surface area (Å²) < 4.78 is 25.1. The second-order valence-electron chi connectivity index (χ2n) is 4.45. The van der Waals surface area contributed by atoms with E-state index in [1.54, 1.807) is 19.9 Å². The Morgan fingerprint density at radius 3 is 2.28 bits per heavy atom. The van der Waals surface area contributed by atoms with E-state index in [9.17, 15) is 13.2 Å². The third-order valence-corrected chi connectivity index (χ3v) is 4.80. The molecule has 0 aliphatic rings. The van der Waals surface area contributed by atoms with E-state index in [1.165, 1.54) is 26.2 Å². The number of ketones is 1. The number of carbonyl (C=O) groups excluding carboxylic acids is 1. The van der Waals surface area contributed by atoms with Crippen LogP contribution in [0.3, 0.4) is 0 Å². The van der Waals surface area contributed by atoms with Gasteiger partial charge in [0, 0.05) is 25.6 Å². The molecule has 0 aliphatic carbocycles. The van der Waals surface area contributed by atoms with Crippen molar-refractivity contribution >= 4 is 27.4 Å². The second-order valence-corrected chi connectivity index (χ2v) is 6.98. The second kappa shape index (κ2) is 5.38. The van der Waals surface area contributed by atoms with Crippen LogP contribution in [-0.4, -0.2) is 32.6 Å². The van der Waals surface area contributed by atoms with E-state index in [0.29, 0.717) is 5.56 Å². The van der Waals surface area contributed by atoms with Crippen molar-refractivity contribution in [3.8, 4) is 0 Å². The first-order valence-electron chi connectivity index (χ1n) is 5.44. The van der Waals surface area contributed by atoms with E-state index in [1.807, 2.05) is 0 Å². The molecule has 0 atom stereocenters. The van der Waals surface area contributed by atoms with Gasteiger partial charge in [-0.15, -0.1) is 0 Å². The molecular formula is C12H16ClNO3S. The Kier molecular flexibility index (Phi) is 4.53. The average molecular weight is 290 g/mol. The summed E-state index contributed by atoms with van der Waals surface area (Å²) in [5.74, 6) is -0.303. The molecule has 100 valence electrons. The lowest BCUT2D eigenvalue weighted by atomic mass is 10.0. The number of rotatable bonds is 4. The number of Topliss-reactive ketones (excluding diaryl/α,β-unsaturated/α-hetero) is 1. The van der Waals surface area contributed by atoms with Gasteiger partial charge in [0.15, 0.2) is 5.78 Å². The van der Waals surface area contributed by atoms with Crippen molar-refractivity contribution in [1.82, 2.24) is 4.31 Å². The first-order valence-corrected chi connectivity index (χ1v) is 7.26. The first kappa shape index (κ1) is 15.1. The van der Waals surface area contributed by atoms with Gasteiger partial charge in [-0.1, -0.05) is 25.4 Å². The average Bonchev–Trinajstić information content (AvgIpc) is 2.28. The fraction of sp³-hybridized carbons (Fsp3) is 0.417. The van der Waals surface area contributed by atoms with Crippen LogP contribution < -0.4 is 0 Å². The molecule has 0 fully saturated rings. The summed E-state index contributed by atoms with van der Waals surface area (Å²) >= 11 is 5.89. The number of hydrogen-bond donors (Lipinski definition) is 0. The molecule has 0 unspecified atom stereocenters. The topological polar surface area (TPSA) is 54.5 Å². The summed E-state index contributed by atoms with van der Waals surface area (Å²) in [6.07, 6.45) is 0. The normalized spacial score (nSPS) is 12.2. The number of halogens is 1. The Balaban J connectivity index is 3.39. The quantitative estimate of drug-likeness (QED) is 0.800. The minimum absolute atomic E-state index is 0.0410. The molecule has 0 aromatic heterocycles. The number of hydrogen-bond acceptors (Lipinski definition) is 3. The number of nitrogens with zero attached hydrogens (tertiary/aromatic N) is 1. The number of benzene rings is 1. The van der Waals surface area contributed by atoms with Crippen LogP contribution >= 0.6 is 11.6 Å². The maximum absolute atomic E-state index is 12.0. The van der Waals surface area contributed by atoms with Gasteiger partial charge in [0.25, 0.3) is 0 Å². The third-order valence-electron chi connectivity index (χ3n) is 2.50. The van der Waals surface area contributed by atoms with Crippen molar-refractivity contribution in [1.29, 1.82) is 0 Å². The molecule has 6 heteroatoms. The molecule has 0 aliphatic heterocycles. The molecule has 1 rings (SSSR count). The minimum Gasteiger partial charge on any atom is -0.294 e. The van der Waals surface area contributed by atoms with Gasteiger partial charge < -0.3 is 0 Å². The lowest BCUT2D eigenvalue weighted by Gasteiger charge is -2.14. The van der Waals surface area contributed by atoms with Crippen LogP contribution in [0.4, 0.5) is 0 Å². The van der Waals surface area contributed by atoms with Crippen molar-refractivity contribution in [3.05, 3.63) is 28.8 Å². The molecule has 0 saturated heterocycles. The predicted molar refractivity (Wildman–Crippen MR) is 71.5 cm³/mol. The van der Waals surface area contributed by atoms with Crippen molar-refractivity contribution < 1.29 is 13.2 Å². The molecule has 0 bridgehead atoms. The molecule has 0 heterocycles. The van der Waals surface area contributed by atoms with E-state index in [4.69, 9.17) is 11.6 Å². The van der Waals surface area contributed by atoms with Gasteiger partial charge in [0.1, 0.15) is 4.90 Å². The van der Waals surface area contributed by atoms with Gasteiger partial charge in [0.2, 0.25) is 10.0 Å². The molecule has 0 amide bonds. The van der Waals surface area contributed by atoms with E-state index < -0.39 is 10.0 Å². The third kappa shape index (κ3) is 2.91. The van der Waals surface area contributed by atoms with Crippen molar-refractivity contribution in [3.63, 3.8) is 0 Å². The summed E-state index contributed by atoms with van der Waals surface area (Å²) in [4.78, 5) is 11.8. The Labute approximate surface area is 113 Å². The van der Waals surface area contributed by atoms with Gasteiger partial charge in [-0.05, 0) is 18.2 Å². The maximum atomic E-state index is 12.0. The first-order chi connectivity index (χ1) is 8.17. The highest BCUT2D eigenvalue weighted by atomic mass is 35.5. The van der Waals surface area contributed by atoms with Crippen LogP contribution in [-0.2, 0) is 10.0 Å². The summed E-state index contributed by atoms with van der Waals surface area (Å²) in [6.45, 7) is 3.52. The van der Waals surface area contributed by atoms with Crippen LogP contribution in [0, 0.1) is 5.92 Å². The maximum Gasteiger partial charge on any atom is 0.244 e. The molecule has 18 heavy (non-hydrogen) atoms. The van der Waals surface area contributed by atoms with Gasteiger partial charge >= 0.3 is 0 Å². The largest absolute Gasteiger partial charge is 0.294 e. The highest BCUT2D eigenvalue weighted by molar-refractivity contribution is 7.89. The van der Waals surface area contributed by atoms with E-state index in [0.717, 1.165) is 4.31 Å². The molecule has 1 aromatic rings. The Hall–Kier alpha value is -0.910. The van der Waals surface area contributed by atoms with Crippen LogP contribution in [0.5, 0.6) is 0 Å². The zero-order valence-corrected chi connectivity index (χ0v) is 12.3. The van der Waals surface area contributed by atoms with Crippen LogP contribution in [0.15, 0.2) is 23.1 Å². The molecular weight excluding hydrogens is 274 g/mol. The van der Waals surface area contributed by atoms with E-state index >= 15 is 0 Å². The molecule has 0 saturated carbocycles. The Bertz CT molecular complexity index is 565. The summed E-state index contributed by atoms with van der Waals surface area (Å²) in [7, 11) is -0.802. The minimum atomic E-state index is -3.64. The zero-order valence-electron chi connectivity index (χ0n) is 10.8. The van der Waals surface area contributed by atoms with Crippen LogP contribution in [0.25, 0.3) is 0 Å². The molecule has 0 spiro atoms. The summed E-state index contributed by atoms with van der Waals surface area (Å²) in [6, 6.07) is 4.31. The van der Waals surface area contributed by atoms with Gasteiger partial charge in [-0.2, -0.15) is 0 Å². The lowest BCUT2D eigenvalue weighted by Crippen LogP contribution is -2.23. The number of sulfonamides is 1. The van der Waals surface area contributed by atoms with E-state index in [2.05, 4.69) is 0 Å². The Morgan fingerprint density at radius 1 is 1.28 bits per heavy atom. The number of carbonyl (C=O) groups is 1. The lowest BCUT2D eigenvalue weighted by molar-refractivity contribution is 0.0939. The fourth-order valence-electron chi connectivity index (χ4n) is 1.38. The van der Waals surface area contributed by atoms with Gasteiger partial charge in [-0.3, -0.25) is 4.79 Å². The molecule has 4 nitrogen and oxygen atoms in total. The molecule has 0 N–H and O–H groups in total. The fourth-order valence-corrected chi connectivity index (χ4v) is 2.78. The van der Waals surface area contributed by atoms with E-state index in [-0.39, 0.29) is 21.6 Å². The highest BCUT2D eigenvalue weighted by Gasteiger charge is 2.22. The zero-order chi connectivity index (χ0) is 14.1. The van der Waals surface area contributed by atoms with Crippen molar-refractivity contribution in [2.45, 2.75) is 18.7 Å². The smallest absolute Gasteiger partial charge is 0.244 e. The molecule has 1 aromatic carbocycles. The van der Waals surface area contributed by atoms with Crippen molar-refractivity contribution in [2.24, 2.45) is 5.92 Å². The van der Waals surface area contributed by atoms with Gasteiger partial charge in [0.05, 0.1) is 5.02 Å². The predicted octanol–water partition coefficient (Wildman–Crippen LogP) is 2.43. The summed E-state index contributed by atoms with van der Waals surface area (Å²) in [5.41, 5.74) is 0.356. The van der Waals surface area contributed by atoms with Gasteiger partial charge in [-0.25, -0.2) is 12.7 Å². The highest BCUT2D eigenvalue weighted by Crippen LogP contribution is 2.25. The standard InChI is InChI=1S/C12H16ClNO3S/c1-8(2)12(15)9-5-6-10(13)11(7-9)18(16,17)14(3)4/h5-8H,1-4H3. The van der Waals surface area contributed by atoms with Crippen molar-refractivity contribution in [2.75, 3.05) is 14.1 Å². The molecule has 0 radical (unpaired) electrons.